The molecule has 2 heterocycles. The monoisotopic (exact) mass is 256 g/mol. The summed E-state index contributed by atoms with van der Waals surface area (Å²) in [5.74, 6) is 0. The van der Waals surface area contributed by atoms with E-state index in [-0.39, 0.29) is 17.9 Å². The molecule has 2 unspecified atom stereocenters. The Bertz CT molecular complexity index is 320. The van der Waals surface area contributed by atoms with E-state index in [0.29, 0.717) is 19.1 Å². The molecule has 0 saturated carbocycles. The Labute approximate surface area is 109 Å². The van der Waals surface area contributed by atoms with Crippen molar-refractivity contribution in [1.29, 1.82) is 0 Å². The number of amides is 1. The maximum atomic E-state index is 11.9. The average Bonchev–Trinajstić information content (AvgIpc) is 2.08. The molecule has 0 aromatic heterocycles. The first-order chi connectivity index (χ1) is 8.19. The van der Waals surface area contributed by atoms with Gasteiger partial charge in [-0.1, -0.05) is 0 Å². The Kier molecular flexibility index (Phi) is 3.32. The molecule has 2 aliphatic heterocycles. The van der Waals surface area contributed by atoms with Gasteiger partial charge < -0.3 is 9.47 Å². The fourth-order valence-electron chi connectivity index (χ4n) is 2.66. The minimum atomic E-state index is -0.443. The molecular weight excluding hydrogens is 232 g/mol. The first-order valence-electron chi connectivity index (χ1n) is 6.63. The molecule has 0 aromatic rings. The van der Waals surface area contributed by atoms with E-state index in [9.17, 15) is 4.79 Å². The molecular formula is C13H24N2O3. The smallest absolute Gasteiger partial charge is 0.410 e. The third-order valence-corrected chi connectivity index (χ3v) is 3.17. The van der Waals surface area contributed by atoms with E-state index in [4.69, 9.17) is 9.47 Å². The molecule has 0 aromatic carbocycles. The third-order valence-electron chi connectivity index (χ3n) is 3.17. The minimum absolute atomic E-state index is 0.238. The lowest BCUT2D eigenvalue weighted by atomic mass is 9.98. The van der Waals surface area contributed by atoms with Gasteiger partial charge in [0.25, 0.3) is 0 Å². The number of carbonyl (C=O) groups excluding carboxylic acids is 1. The van der Waals surface area contributed by atoms with Crippen molar-refractivity contribution in [3.8, 4) is 0 Å². The van der Waals surface area contributed by atoms with Crippen molar-refractivity contribution in [2.75, 3.05) is 13.1 Å². The summed E-state index contributed by atoms with van der Waals surface area (Å²) in [7, 11) is 0. The van der Waals surface area contributed by atoms with E-state index in [2.05, 4.69) is 19.2 Å². The Morgan fingerprint density at radius 1 is 1.39 bits per heavy atom. The van der Waals surface area contributed by atoms with Crippen molar-refractivity contribution >= 4 is 6.09 Å². The SMILES string of the molecule is CC1CC(C)OC2(CN(C(=O)OC(C)(C)C)C2)N1. The standard InChI is InChI=1S/C13H24N2O3/c1-9-6-10(2)17-13(14-9)7-15(8-13)11(16)18-12(3,4)5/h9-10,14H,6-8H2,1-5H3. The van der Waals surface area contributed by atoms with Gasteiger partial charge in [-0.2, -0.15) is 0 Å². The lowest BCUT2D eigenvalue weighted by molar-refractivity contribution is -0.210. The Balaban J connectivity index is 1.87. The molecule has 104 valence electrons. The second kappa shape index (κ2) is 4.38. The number of rotatable bonds is 0. The Hall–Kier alpha value is -0.810. The van der Waals surface area contributed by atoms with Gasteiger partial charge in [0.05, 0.1) is 19.2 Å². The molecule has 0 aliphatic carbocycles. The van der Waals surface area contributed by atoms with Crippen LogP contribution in [0.4, 0.5) is 4.79 Å². The van der Waals surface area contributed by atoms with E-state index in [1.165, 1.54) is 0 Å². The first kappa shape index (κ1) is 13.6. The highest BCUT2D eigenvalue weighted by Gasteiger charge is 2.51. The topological polar surface area (TPSA) is 50.8 Å². The van der Waals surface area contributed by atoms with Crippen molar-refractivity contribution in [2.24, 2.45) is 0 Å². The van der Waals surface area contributed by atoms with Crippen molar-refractivity contribution in [3.05, 3.63) is 0 Å². The van der Waals surface area contributed by atoms with Gasteiger partial charge in [-0.05, 0) is 41.0 Å². The first-order valence-corrected chi connectivity index (χ1v) is 6.63. The lowest BCUT2D eigenvalue weighted by Crippen LogP contribution is -2.75. The van der Waals surface area contributed by atoms with Gasteiger partial charge in [0.1, 0.15) is 5.60 Å². The number of nitrogens with zero attached hydrogens (tertiary/aromatic N) is 1. The fourth-order valence-corrected chi connectivity index (χ4v) is 2.66. The summed E-state index contributed by atoms with van der Waals surface area (Å²) < 4.78 is 11.3. The van der Waals surface area contributed by atoms with E-state index in [1.807, 2.05) is 20.8 Å². The summed E-state index contributed by atoms with van der Waals surface area (Å²) in [5.41, 5.74) is -0.796. The third kappa shape index (κ3) is 2.95. The zero-order valence-electron chi connectivity index (χ0n) is 11.9. The lowest BCUT2D eigenvalue weighted by Gasteiger charge is -2.54. The van der Waals surface area contributed by atoms with Gasteiger partial charge in [0.2, 0.25) is 0 Å². The van der Waals surface area contributed by atoms with Gasteiger partial charge >= 0.3 is 6.09 Å². The zero-order valence-corrected chi connectivity index (χ0v) is 11.9. The maximum Gasteiger partial charge on any atom is 0.410 e. The molecule has 5 heteroatoms. The van der Waals surface area contributed by atoms with Crippen molar-refractivity contribution in [3.63, 3.8) is 0 Å². The molecule has 1 N–H and O–H groups in total. The van der Waals surface area contributed by atoms with Crippen LogP contribution in [0.25, 0.3) is 0 Å². The van der Waals surface area contributed by atoms with Crippen LogP contribution in [-0.4, -0.2) is 47.6 Å². The molecule has 1 amide bonds. The number of hydrogen-bond acceptors (Lipinski definition) is 4. The summed E-state index contributed by atoms with van der Waals surface area (Å²) in [6, 6.07) is 0.425. The van der Waals surface area contributed by atoms with Crippen LogP contribution >= 0.6 is 0 Å². The molecule has 2 rings (SSSR count). The molecule has 0 radical (unpaired) electrons. The van der Waals surface area contributed by atoms with Gasteiger partial charge in [-0.15, -0.1) is 0 Å². The second-order valence-corrected chi connectivity index (χ2v) is 6.54. The highest BCUT2D eigenvalue weighted by atomic mass is 16.6. The number of hydrogen-bond donors (Lipinski definition) is 1. The Morgan fingerprint density at radius 2 is 2.00 bits per heavy atom. The largest absolute Gasteiger partial charge is 0.444 e. The van der Waals surface area contributed by atoms with Crippen molar-refractivity contribution < 1.29 is 14.3 Å². The highest BCUT2D eigenvalue weighted by Crippen LogP contribution is 2.30. The van der Waals surface area contributed by atoms with Crippen LogP contribution in [0.1, 0.15) is 41.0 Å². The summed E-state index contributed by atoms with van der Waals surface area (Å²) >= 11 is 0. The van der Waals surface area contributed by atoms with Gasteiger partial charge in [-0.3, -0.25) is 10.2 Å². The molecule has 0 bridgehead atoms. The van der Waals surface area contributed by atoms with Gasteiger partial charge in [0, 0.05) is 6.04 Å². The minimum Gasteiger partial charge on any atom is -0.444 e. The van der Waals surface area contributed by atoms with E-state index in [1.54, 1.807) is 4.90 Å². The predicted molar refractivity (Wildman–Crippen MR) is 68.3 cm³/mol. The number of likely N-dealkylation sites (tertiary alicyclic amines) is 1. The van der Waals surface area contributed by atoms with Crippen LogP contribution < -0.4 is 5.32 Å². The zero-order chi connectivity index (χ0) is 13.6. The summed E-state index contributed by atoms with van der Waals surface area (Å²) in [4.78, 5) is 13.5. The van der Waals surface area contributed by atoms with Crippen LogP contribution in [0, 0.1) is 0 Å². The van der Waals surface area contributed by atoms with Crippen LogP contribution in [-0.2, 0) is 9.47 Å². The number of carbonyl (C=O) groups is 1. The second-order valence-electron chi connectivity index (χ2n) is 6.54. The predicted octanol–water partition coefficient (Wildman–Crippen LogP) is 1.72. The van der Waals surface area contributed by atoms with E-state index < -0.39 is 5.60 Å². The number of nitrogens with one attached hydrogen (secondary N) is 1. The van der Waals surface area contributed by atoms with Crippen molar-refractivity contribution in [2.45, 2.75) is 64.5 Å². The summed E-state index contributed by atoms with van der Waals surface area (Å²) in [6.07, 6.45) is 0.986. The normalized spacial score (nSPS) is 31.1. The summed E-state index contributed by atoms with van der Waals surface area (Å²) in [5, 5.41) is 3.44. The molecule has 1 spiro atoms. The van der Waals surface area contributed by atoms with Crippen molar-refractivity contribution in [1.82, 2.24) is 10.2 Å². The molecule has 2 atom stereocenters. The van der Waals surface area contributed by atoms with Crippen LogP contribution in [0.3, 0.4) is 0 Å². The molecule has 18 heavy (non-hydrogen) atoms. The fraction of sp³-hybridized carbons (Fsp3) is 0.923. The Morgan fingerprint density at radius 3 is 2.50 bits per heavy atom. The van der Waals surface area contributed by atoms with E-state index >= 15 is 0 Å². The van der Waals surface area contributed by atoms with Gasteiger partial charge in [-0.25, -0.2) is 4.79 Å². The quantitative estimate of drug-likeness (QED) is 0.717. The summed E-state index contributed by atoms with van der Waals surface area (Å²) in [6.45, 7) is 11.0. The molecule has 2 saturated heterocycles. The number of ether oxygens (including phenoxy) is 2. The van der Waals surface area contributed by atoms with Crippen LogP contribution in [0.5, 0.6) is 0 Å². The van der Waals surface area contributed by atoms with Crippen LogP contribution in [0.2, 0.25) is 0 Å². The average molecular weight is 256 g/mol. The maximum absolute atomic E-state index is 11.9. The molecule has 5 nitrogen and oxygen atoms in total. The van der Waals surface area contributed by atoms with E-state index in [0.717, 1.165) is 6.42 Å². The highest BCUT2D eigenvalue weighted by molar-refractivity contribution is 5.69. The van der Waals surface area contributed by atoms with Crippen LogP contribution in [0.15, 0.2) is 0 Å². The van der Waals surface area contributed by atoms with Gasteiger partial charge in [0.15, 0.2) is 5.72 Å². The molecule has 2 fully saturated rings. The molecule has 2 aliphatic rings.